The maximum Gasteiger partial charge on any atom is 0.306 e. The van der Waals surface area contributed by atoms with E-state index in [9.17, 15) is 13.2 Å². The van der Waals surface area contributed by atoms with Crippen molar-refractivity contribution < 1.29 is 17.9 Å². The Hall–Kier alpha value is -0.660. The van der Waals surface area contributed by atoms with Gasteiger partial charge in [0.1, 0.15) is 0 Å². The molecule has 0 aliphatic heterocycles. The molecule has 122 valence electrons. The highest BCUT2D eigenvalue weighted by molar-refractivity contribution is 7.87. The summed E-state index contributed by atoms with van der Waals surface area (Å²) in [6, 6.07) is -0.0501. The van der Waals surface area contributed by atoms with Crippen LogP contribution in [0.3, 0.4) is 0 Å². The van der Waals surface area contributed by atoms with Gasteiger partial charge in [-0.15, -0.1) is 0 Å². The quantitative estimate of drug-likeness (QED) is 0.714. The number of ether oxygens (including phenoxy) is 1. The number of hydrogen-bond donors (Lipinski definition) is 1. The molecule has 4 unspecified atom stereocenters. The van der Waals surface area contributed by atoms with Crippen LogP contribution in [0.5, 0.6) is 0 Å². The molecule has 2 saturated carbocycles. The maximum atomic E-state index is 12.3. The number of fused-ring (bicyclic) bond motifs is 2. The van der Waals surface area contributed by atoms with Gasteiger partial charge >= 0.3 is 5.97 Å². The Balaban J connectivity index is 1.86. The topological polar surface area (TPSA) is 75.7 Å². The molecule has 0 aromatic rings. The molecule has 1 N–H and O–H groups in total. The molecule has 0 spiro atoms. The van der Waals surface area contributed by atoms with E-state index in [1.807, 2.05) is 6.92 Å². The molecule has 2 fully saturated rings. The fourth-order valence-electron chi connectivity index (χ4n) is 3.79. The lowest BCUT2D eigenvalue weighted by molar-refractivity contribution is -0.140. The summed E-state index contributed by atoms with van der Waals surface area (Å²) >= 11 is 0. The Morgan fingerprint density at radius 1 is 1.38 bits per heavy atom. The second-order valence-electron chi connectivity index (χ2n) is 6.40. The molecule has 0 amide bonds. The third kappa shape index (κ3) is 3.96. The summed E-state index contributed by atoms with van der Waals surface area (Å²) in [5, 5.41) is 0. The van der Waals surface area contributed by atoms with Gasteiger partial charge in [-0.25, -0.2) is 0 Å². The summed E-state index contributed by atoms with van der Waals surface area (Å²) in [6.07, 6.45) is 5.00. The van der Waals surface area contributed by atoms with E-state index in [1.54, 1.807) is 0 Å². The third-order valence-electron chi connectivity index (χ3n) is 5.04. The van der Waals surface area contributed by atoms with Gasteiger partial charge in [-0.05, 0) is 43.9 Å². The standard InChI is InChI=1S/C14H26N2O4S/c1-10(13-9-11-4-5-12(13)8-11)15-21(18,19)16(2)7-6-14(17)20-3/h10-13,15H,4-9H2,1-3H3. The normalized spacial score (nSPS) is 29.8. The highest BCUT2D eigenvalue weighted by atomic mass is 32.2. The van der Waals surface area contributed by atoms with E-state index in [4.69, 9.17) is 0 Å². The van der Waals surface area contributed by atoms with Crippen LogP contribution in [0.25, 0.3) is 0 Å². The van der Waals surface area contributed by atoms with Crippen molar-refractivity contribution in [2.24, 2.45) is 17.8 Å². The van der Waals surface area contributed by atoms with Crippen LogP contribution in [-0.2, 0) is 19.7 Å². The number of rotatable bonds is 7. The number of methoxy groups -OCH3 is 1. The number of hydrogen-bond acceptors (Lipinski definition) is 4. The average Bonchev–Trinajstić information content (AvgIpc) is 3.06. The molecule has 2 bridgehead atoms. The van der Waals surface area contributed by atoms with Crippen molar-refractivity contribution in [2.45, 2.75) is 45.1 Å². The van der Waals surface area contributed by atoms with Gasteiger partial charge in [-0.2, -0.15) is 17.4 Å². The van der Waals surface area contributed by atoms with Gasteiger partial charge in [0.05, 0.1) is 13.5 Å². The van der Waals surface area contributed by atoms with Gasteiger partial charge < -0.3 is 4.74 Å². The molecule has 0 aromatic carbocycles. The van der Waals surface area contributed by atoms with E-state index in [0.29, 0.717) is 11.8 Å². The largest absolute Gasteiger partial charge is 0.469 e. The molecule has 2 aliphatic carbocycles. The fourth-order valence-corrected chi connectivity index (χ4v) is 4.95. The number of carbonyl (C=O) groups excluding carboxylic acids is 1. The predicted molar refractivity (Wildman–Crippen MR) is 79.7 cm³/mol. The molecule has 0 heterocycles. The zero-order valence-corrected chi connectivity index (χ0v) is 13.9. The SMILES string of the molecule is COC(=O)CCN(C)S(=O)(=O)NC(C)C1CC2CCC1C2. The molecule has 0 saturated heterocycles. The molecule has 2 aliphatic rings. The molecule has 4 atom stereocenters. The Kier molecular flexibility index (Phi) is 5.27. The van der Waals surface area contributed by atoms with Gasteiger partial charge in [-0.1, -0.05) is 6.42 Å². The number of nitrogens with one attached hydrogen (secondary N) is 1. The van der Waals surface area contributed by atoms with Gasteiger partial charge in [-0.3, -0.25) is 4.79 Å². The fraction of sp³-hybridized carbons (Fsp3) is 0.929. The van der Waals surface area contributed by atoms with E-state index in [0.717, 1.165) is 12.3 Å². The number of nitrogens with zero attached hydrogens (tertiary/aromatic N) is 1. The Labute approximate surface area is 127 Å². The van der Waals surface area contributed by atoms with Crippen LogP contribution in [0.2, 0.25) is 0 Å². The zero-order chi connectivity index (χ0) is 15.6. The van der Waals surface area contributed by atoms with Crippen LogP contribution < -0.4 is 4.72 Å². The Morgan fingerprint density at radius 2 is 2.10 bits per heavy atom. The number of carbonyl (C=O) groups is 1. The monoisotopic (exact) mass is 318 g/mol. The van der Waals surface area contributed by atoms with E-state index in [-0.39, 0.29) is 19.0 Å². The summed E-state index contributed by atoms with van der Waals surface area (Å²) in [6.45, 7) is 2.09. The molecule has 0 radical (unpaired) electrons. The van der Waals surface area contributed by atoms with Crippen molar-refractivity contribution in [3.8, 4) is 0 Å². The summed E-state index contributed by atoms with van der Waals surface area (Å²) < 4.78 is 33.0. The first-order chi connectivity index (χ1) is 9.83. The van der Waals surface area contributed by atoms with Gasteiger partial charge in [0, 0.05) is 19.6 Å². The minimum absolute atomic E-state index is 0.0501. The van der Waals surface area contributed by atoms with Gasteiger partial charge in [0.2, 0.25) is 0 Å². The van der Waals surface area contributed by atoms with Crippen molar-refractivity contribution in [3.63, 3.8) is 0 Å². The van der Waals surface area contributed by atoms with Crippen molar-refractivity contribution in [3.05, 3.63) is 0 Å². The van der Waals surface area contributed by atoms with Crippen LogP contribution in [-0.4, -0.2) is 45.4 Å². The lowest BCUT2D eigenvalue weighted by atomic mass is 9.84. The highest BCUT2D eigenvalue weighted by Gasteiger charge is 2.42. The number of esters is 1. The predicted octanol–water partition coefficient (Wildman–Crippen LogP) is 1.14. The molecule has 2 rings (SSSR count). The highest BCUT2D eigenvalue weighted by Crippen LogP contribution is 2.49. The van der Waals surface area contributed by atoms with Crippen molar-refractivity contribution in [1.29, 1.82) is 0 Å². The molecular formula is C14H26N2O4S. The van der Waals surface area contributed by atoms with Crippen molar-refractivity contribution >= 4 is 16.2 Å². The maximum absolute atomic E-state index is 12.3. The van der Waals surface area contributed by atoms with Gasteiger partial charge in [0.15, 0.2) is 0 Å². The minimum atomic E-state index is -3.54. The second kappa shape index (κ2) is 6.62. The van der Waals surface area contributed by atoms with Crippen LogP contribution in [0, 0.1) is 17.8 Å². The van der Waals surface area contributed by atoms with E-state index >= 15 is 0 Å². The van der Waals surface area contributed by atoms with Crippen molar-refractivity contribution in [2.75, 3.05) is 20.7 Å². The minimum Gasteiger partial charge on any atom is -0.469 e. The van der Waals surface area contributed by atoms with E-state index in [1.165, 1.54) is 37.7 Å². The first kappa shape index (κ1) is 16.7. The molecule has 7 heteroatoms. The third-order valence-corrected chi connectivity index (χ3v) is 6.71. The van der Waals surface area contributed by atoms with Crippen LogP contribution in [0.1, 0.15) is 39.0 Å². The molecule has 0 aromatic heterocycles. The van der Waals surface area contributed by atoms with E-state index in [2.05, 4.69) is 9.46 Å². The first-order valence-electron chi connectivity index (χ1n) is 7.64. The van der Waals surface area contributed by atoms with Crippen LogP contribution in [0.4, 0.5) is 0 Å². The Morgan fingerprint density at radius 3 is 2.62 bits per heavy atom. The summed E-state index contributed by atoms with van der Waals surface area (Å²) in [7, 11) is -0.759. The zero-order valence-electron chi connectivity index (χ0n) is 13.0. The molecular weight excluding hydrogens is 292 g/mol. The van der Waals surface area contributed by atoms with Crippen LogP contribution >= 0.6 is 0 Å². The summed E-state index contributed by atoms with van der Waals surface area (Å²) in [4.78, 5) is 11.1. The smallest absolute Gasteiger partial charge is 0.306 e. The van der Waals surface area contributed by atoms with Crippen molar-refractivity contribution in [1.82, 2.24) is 9.03 Å². The average molecular weight is 318 g/mol. The van der Waals surface area contributed by atoms with Crippen LogP contribution in [0.15, 0.2) is 0 Å². The second-order valence-corrected chi connectivity index (χ2v) is 8.21. The first-order valence-corrected chi connectivity index (χ1v) is 9.08. The van der Waals surface area contributed by atoms with E-state index < -0.39 is 16.2 Å². The summed E-state index contributed by atoms with van der Waals surface area (Å²) in [5.74, 6) is 1.52. The molecule has 21 heavy (non-hydrogen) atoms. The lowest BCUT2D eigenvalue weighted by Gasteiger charge is -2.29. The molecule has 6 nitrogen and oxygen atoms in total. The van der Waals surface area contributed by atoms with Gasteiger partial charge in [0.25, 0.3) is 10.2 Å². The Bertz CT molecular complexity index is 479. The summed E-state index contributed by atoms with van der Waals surface area (Å²) in [5.41, 5.74) is 0. The lowest BCUT2D eigenvalue weighted by Crippen LogP contribution is -2.46.